The van der Waals surface area contributed by atoms with Gasteiger partial charge in [0.05, 0.1) is 0 Å². The second kappa shape index (κ2) is 2.56. The van der Waals surface area contributed by atoms with Crippen molar-refractivity contribution in [3.63, 3.8) is 0 Å². The van der Waals surface area contributed by atoms with Gasteiger partial charge < -0.3 is 10.5 Å². The van der Waals surface area contributed by atoms with Gasteiger partial charge in [-0.15, -0.1) is 0 Å². The van der Waals surface area contributed by atoms with Crippen molar-refractivity contribution in [2.24, 2.45) is 11.8 Å². The third-order valence-corrected chi connectivity index (χ3v) is 3.79. The van der Waals surface area contributed by atoms with Gasteiger partial charge in [-0.3, -0.25) is 0 Å². The summed E-state index contributed by atoms with van der Waals surface area (Å²) < 4.78 is 0. The van der Waals surface area contributed by atoms with Gasteiger partial charge in [0.25, 0.3) is 0 Å². The van der Waals surface area contributed by atoms with Crippen molar-refractivity contribution in [2.75, 3.05) is 0 Å². The molecule has 3 unspecified atom stereocenters. The molecule has 0 aromatic carbocycles. The quantitative estimate of drug-likeness (QED) is 0.569. The molecule has 0 amide bonds. The molecule has 12 heavy (non-hydrogen) atoms. The first-order valence-electron chi connectivity index (χ1n) is 4.96. The Morgan fingerprint density at radius 1 is 1.42 bits per heavy atom. The Balaban J connectivity index is 2.30. The summed E-state index contributed by atoms with van der Waals surface area (Å²) in [6.45, 7) is 2.09. The second-order valence-corrected chi connectivity index (χ2v) is 4.37. The molecular weight excluding hydrogens is 150 g/mol. The third kappa shape index (κ3) is 0.875. The van der Waals surface area contributed by atoms with E-state index in [0.29, 0.717) is 17.5 Å². The third-order valence-electron chi connectivity index (χ3n) is 3.79. The first-order chi connectivity index (χ1) is 5.65. The zero-order valence-electron chi connectivity index (χ0n) is 7.64. The number of hydrogen-bond donors (Lipinski definition) is 2. The van der Waals surface area contributed by atoms with Crippen molar-refractivity contribution in [3.8, 4) is 0 Å². The predicted octanol–water partition coefficient (Wildman–Crippen LogP) is 1.97. The van der Waals surface area contributed by atoms with Crippen LogP contribution < -0.4 is 0 Å². The summed E-state index contributed by atoms with van der Waals surface area (Å²) in [4.78, 5) is 0. The number of rotatable bonds is 0. The van der Waals surface area contributed by atoms with Crippen LogP contribution in [-0.4, -0.2) is 16.4 Å². The predicted molar refractivity (Wildman–Crippen MR) is 48.4 cm³/mol. The molecule has 68 valence electrons. The molecule has 2 aliphatic carbocycles. The summed E-state index contributed by atoms with van der Waals surface area (Å²) in [5.41, 5.74) is -0.113. The summed E-state index contributed by atoms with van der Waals surface area (Å²) in [5, 5.41) is 18.1. The van der Waals surface area contributed by atoms with Crippen molar-refractivity contribution >= 4 is 5.71 Å². The largest absolute Gasteiger partial charge is 0.383 e. The maximum absolute atomic E-state index is 10.3. The van der Waals surface area contributed by atoms with E-state index in [1.807, 2.05) is 0 Å². The van der Waals surface area contributed by atoms with E-state index >= 15 is 0 Å². The summed E-state index contributed by atoms with van der Waals surface area (Å²) in [5.74, 6) is 0.708. The zero-order chi connectivity index (χ0) is 8.77. The average Bonchev–Trinajstić information content (AvgIpc) is 2.33. The van der Waals surface area contributed by atoms with Gasteiger partial charge in [-0.05, 0) is 37.5 Å². The van der Waals surface area contributed by atoms with Crippen molar-refractivity contribution in [2.45, 2.75) is 44.6 Å². The Morgan fingerprint density at radius 3 is 2.83 bits per heavy atom. The van der Waals surface area contributed by atoms with Crippen molar-refractivity contribution in [1.29, 1.82) is 5.41 Å². The molecule has 0 aliphatic heterocycles. The Kier molecular flexibility index (Phi) is 1.76. The van der Waals surface area contributed by atoms with Crippen LogP contribution in [0, 0.1) is 17.2 Å². The lowest BCUT2D eigenvalue weighted by Crippen LogP contribution is -2.48. The van der Waals surface area contributed by atoms with Gasteiger partial charge in [-0.25, -0.2) is 0 Å². The Hall–Kier alpha value is -0.370. The first-order valence-corrected chi connectivity index (χ1v) is 4.96. The van der Waals surface area contributed by atoms with Gasteiger partial charge in [0.2, 0.25) is 0 Å². The highest BCUT2D eigenvalue weighted by atomic mass is 16.3. The maximum atomic E-state index is 10.3. The number of nitrogens with one attached hydrogen (secondary N) is 1. The SMILES string of the molecule is CC1CCCC2CCC(=N)C12O. The van der Waals surface area contributed by atoms with Gasteiger partial charge in [-0.1, -0.05) is 13.3 Å². The van der Waals surface area contributed by atoms with Gasteiger partial charge in [0.15, 0.2) is 0 Å². The lowest BCUT2D eigenvalue weighted by molar-refractivity contribution is -0.0187. The Labute approximate surface area is 73.5 Å². The standard InChI is InChI=1S/C10H17NO/c1-7-3-2-4-8-5-6-9(11)10(7,8)12/h7-8,11-12H,2-6H2,1H3. The number of hydrogen-bond acceptors (Lipinski definition) is 2. The number of fused-ring (bicyclic) bond motifs is 1. The molecule has 0 heterocycles. The van der Waals surface area contributed by atoms with Gasteiger partial charge >= 0.3 is 0 Å². The van der Waals surface area contributed by atoms with E-state index < -0.39 is 5.60 Å². The Bertz CT molecular complexity index is 214. The fraction of sp³-hybridized carbons (Fsp3) is 0.900. The minimum Gasteiger partial charge on any atom is -0.383 e. The van der Waals surface area contributed by atoms with Crippen LogP contribution in [0.4, 0.5) is 0 Å². The molecule has 2 heteroatoms. The van der Waals surface area contributed by atoms with E-state index in [4.69, 9.17) is 5.41 Å². The normalized spacial score (nSPS) is 47.7. The first kappa shape index (κ1) is 8.24. The van der Waals surface area contributed by atoms with Crippen LogP contribution in [0.5, 0.6) is 0 Å². The van der Waals surface area contributed by atoms with Crippen molar-refractivity contribution in [3.05, 3.63) is 0 Å². The fourth-order valence-corrected chi connectivity index (χ4v) is 2.94. The number of aliphatic hydroxyl groups is 1. The molecule has 2 N–H and O–H groups in total. The van der Waals surface area contributed by atoms with Crippen LogP contribution in [-0.2, 0) is 0 Å². The second-order valence-electron chi connectivity index (χ2n) is 4.37. The summed E-state index contributed by atoms with van der Waals surface area (Å²) in [7, 11) is 0. The molecule has 0 aromatic heterocycles. The summed E-state index contributed by atoms with van der Waals surface area (Å²) in [6.07, 6.45) is 5.32. The molecule has 3 atom stereocenters. The van der Waals surface area contributed by atoms with Crippen LogP contribution in [0.15, 0.2) is 0 Å². The minimum atomic E-state index is -0.710. The highest BCUT2D eigenvalue weighted by Crippen LogP contribution is 2.46. The van der Waals surface area contributed by atoms with Gasteiger partial charge in [0, 0.05) is 5.71 Å². The Morgan fingerprint density at radius 2 is 2.17 bits per heavy atom. The fourth-order valence-electron chi connectivity index (χ4n) is 2.94. The van der Waals surface area contributed by atoms with E-state index in [0.717, 1.165) is 25.7 Å². The molecule has 2 aliphatic rings. The molecule has 0 bridgehead atoms. The summed E-state index contributed by atoms with van der Waals surface area (Å²) >= 11 is 0. The van der Waals surface area contributed by atoms with E-state index in [1.54, 1.807) is 0 Å². The minimum absolute atomic E-state index is 0.311. The molecule has 2 nitrogen and oxygen atoms in total. The topological polar surface area (TPSA) is 44.1 Å². The zero-order valence-corrected chi connectivity index (χ0v) is 7.64. The molecule has 2 saturated carbocycles. The van der Waals surface area contributed by atoms with Crippen LogP contribution >= 0.6 is 0 Å². The smallest absolute Gasteiger partial charge is 0.107 e. The van der Waals surface area contributed by atoms with Gasteiger partial charge in [0.1, 0.15) is 5.60 Å². The molecule has 0 aromatic rings. The molecule has 2 fully saturated rings. The van der Waals surface area contributed by atoms with E-state index in [2.05, 4.69) is 6.92 Å². The average molecular weight is 167 g/mol. The molecule has 0 spiro atoms. The molecule has 2 rings (SSSR count). The van der Waals surface area contributed by atoms with Gasteiger partial charge in [-0.2, -0.15) is 0 Å². The lowest BCUT2D eigenvalue weighted by atomic mass is 9.70. The van der Waals surface area contributed by atoms with E-state index in [9.17, 15) is 5.11 Å². The lowest BCUT2D eigenvalue weighted by Gasteiger charge is -2.40. The van der Waals surface area contributed by atoms with Crippen LogP contribution in [0.2, 0.25) is 0 Å². The molecular formula is C10H17NO. The van der Waals surface area contributed by atoms with E-state index in [-0.39, 0.29) is 0 Å². The van der Waals surface area contributed by atoms with E-state index in [1.165, 1.54) is 6.42 Å². The molecule has 0 saturated heterocycles. The molecule has 0 radical (unpaired) electrons. The highest BCUT2D eigenvalue weighted by Gasteiger charge is 2.50. The van der Waals surface area contributed by atoms with Crippen LogP contribution in [0.25, 0.3) is 0 Å². The van der Waals surface area contributed by atoms with Crippen LogP contribution in [0.1, 0.15) is 39.0 Å². The highest BCUT2D eigenvalue weighted by molar-refractivity contribution is 5.92. The maximum Gasteiger partial charge on any atom is 0.107 e. The van der Waals surface area contributed by atoms with Crippen molar-refractivity contribution in [1.82, 2.24) is 0 Å². The van der Waals surface area contributed by atoms with Crippen LogP contribution in [0.3, 0.4) is 0 Å². The summed E-state index contributed by atoms with van der Waals surface area (Å²) in [6, 6.07) is 0. The monoisotopic (exact) mass is 167 g/mol. The van der Waals surface area contributed by atoms with Crippen molar-refractivity contribution < 1.29 is 5.11 Å².